The molecule has 0 aliphatic rings. The van der Waals surface area contributed by atoms with E-state index in [1.165, 1.54) is 0 Å². The molecule has 0 aromatic heterocycles. The second-order valence-electron chi connectivity index (χ2n) is 4.00. The highest BCUT2D eigenvalue weighted by atomic mass is 31.2. The third-order valence-corrected chi connectivity index (χ3v) is 4.59. The molecule has 1 rings (SSSR count). The second-order valence-corrected chi connectivity index (χ2v) is 6.00. The number of nitro groups is 1. The van der Waals surface area contributed by atoms with E-state index in [-0.39, 0.29) is 18.5 Å². The minimum atomic E-state index is -3.71. The van der Waals surface area contributed by atoms with Crippen molar-refractivity contribution >= 4 is 12.9 Å². The maximum atomic E-state index is 12.7. The van der Waals surface area contributed by atoms with Gasteiger partial charge in [0.1, 0.15) is 5.31 Å². The zero-order valence-corrected chi connectivity index (χ0v) is 12.6. The Hall–Kier alpha value is -1.49. The quantitative estimate of drug-likeness (QED) is 0.434. The number of benzene rings is 1. The van der Waals surface area contributed by atoms with Gasteiger partial charge >= 0.3 is 7.60 Å². The summed E-state index contributed by atoms with van der Waals surface area (Å²) in [4.78, 5) is 10.2. The summed E-state index contributed by atoms with van der Waals surface area (Å²) in [7, 11) is -3.71. The molecule has 0 unspecified atom stereocenters. The van der Waals surface area contributed by atoms with Gasteiger partial charge < -0.3 is 9.05 Å². The van der Waals surface area contributed by atoms with E-state index in [0.29, 0.717) is 11.8 Å². The topological polar surface area (TPSA) is 78.7 Å². The summed E-state index contributed by atoms with van der Waals surface area (Å²) in [5, 5.41) is 10.8. The largest absolute Gasteiger partial charge is 0.368 e. The Morgan fingerprint density at radius 1 is 1.35 bits per heavy atom. The molecule has 0 spiro atoms. The summed E-state index contributed by atoms with van der Waals surface area (Å²) in [5.74, 6) is 0. The normalized spacial score (nSPS) is 12.4. The van der Waals surface area contributed by atoms with Gasteiger partial charge in [0.05, 0.1) is 18.1 Å². The molecule has 0 amide bonds. The van der Waals surface area contributed by atoms with Gasteiger partial charge in [0.2, 0.25) is 6.20 Å². The lowest BCUT2D eigenvalue weighted by atomic mass is 10.1. The molecule has 0 saturated heterocycles. The molecule has 0 aliphatic heterocycles. The Bertz CT molecular complexity index is 545. The van der Waals surface area contributed by atoms with Gasteiger partial charge in [-0.2, -0.15) is 0 Å². The molecule has 0 bridgehead atoms. The molecule has 0 N–H and O–H groups in total. The lowest BCUT2D eigenvalue weighted by Crippen LogP contribution is -2.01. The number of hydrogen-bond acceptors (Lipinski definition) is 5. The van der Waals surface area contributed by atoms with E-state index in [9.17, 15) is 14.7 Å². The highest BCUT2D eigenvalue weighted by molar-refractivity contribution is 7.65. The third-order valence-electron chi connectivity index (χ3n) is 2.43. The standard InChI is InChI=1S/C13H18NO5P/c1-4-18-20(17,19-5-2)13(10-14(15)16)12-8-6-7-11(3)9-12/h6-10H,4-5H2,1-3H3/b13-10+. The fraction of sp³-hybridized carbons (Fsp3) is 0.385. The van der Waals surface area contributed by atoms with Gasteiger partial charge in [0, 0.05) is 0 Å². The van der Waals surface area contributed by atoms with Gasteiger partial charge in [-0.05, 0) is 26.3 Å². The summed E-state index contributed by atoms with van der Waals surface area (Å²) in [6.07, 6.45) is 0.695. The van der Waals surface area contributed by atoms with Crippen LogP contribution in [0.5, 0.6) is 0 Å². The zero-order valence-electron chi connectivity index (χ0n) is 11.7. The fourth-order valence-corrected chi connectivity index (χ4v) is 3.45. The van der Waals surface area contributed by atoms with Crippen LogP contribution in [0, 0.1) is 17.0 Å². The Labute approximate surface area is 118 Å². The second kappa shape index (κ2) is 7.33. The van der Waals surface area contributed by atoms with Gasteiger partial charge in [-0.3, -0.25) is 14.7 Å². The van der Waals surface area contributed by atoms with E-state index >= 15 is 0 Å². The highest BCUT2D eigenvalue weighted by Gasteiger charge is 2.33. The van der Waals surface area contributed by atoms with Gasteiger partial charge in [0.15, 0.2) is 0 Å². The van der Waals surface area contributed by atoms with Crippen molar-refractivity contribution in [3.05, 3.63) is 51.7 Å². The van der Waals surface area contributed by atoms with Crippen LogP contribution < -0.4 is 0 Å². The van der Waals surface area contributed by atoms with E-state index in [4.69, 9.17) is 9.05 Å². The first kappa shape index (κ1) is 16.6. The van der Waals surface area contributed by atoms with Crippen molar-refractivity contribution in [3.8, 4) is 0 Å². The van der Waals surface area contributed by atoms with E-state index in [0.717, 1.165) is 5.56 Å². The summed E-state index contributed by atoms with van der Waals surface area (Å²) in [5.41, 5.74) is 1.36. The Kier molecular flexibility index (Phi) is 6.07. The molecule has 1 aromatic rings. The van der Waals surface area contributed by atoms with Gasteiger partial charge in [0.25, 0.3) is 0 Å². The average Bonchev–Trinajstić information content (AvgIpc) is 2.36. The van der Waals surface area contributed by atoms with Crippen LogP contribution in [-0.4, -0.2) is 18.1 Å². The van der Waals surface area contributed by atoms with Crippen LogP contribution in [0.1, 0.15) is 25.0 Å². The van der Waals surface area contributed by atoms with Crippen LogP contribution in [0.3, 0.4) is 0 Å². The smallest absolute Gasteiger partial charge is 0.305 e. The molecule has 0 radical (unpaired) electrons. The minimum Gasteiger partial charge on any atom is -0.305 e. The lowest BCUT2D eigenvalue weighted by Gasteiger charge is -2.18. The lowest BCUT2D eigenvalue weighted by molar-refractivity contribution is -0.401. The van der Waals surface area contributed by atoms with Crippen LogP contribution in [0.15, 0.2) is 30.5 Å². The maximum absolute atomic E-state index is 12.7. The summed E-state index contributed by atoms with van der Waals surface area (Å²) >= 11 is 0. The number of nitrogens with zero attached hydrogens (tertiary/aromatic N) is 1. The van der Waals surface area contributed by atoms with Crippen molar-refractivity contribution in [1.29, 1.82) is 0 Å². The van der Waals surface area contributed by atoms with Crippen molar-refractivity contribution in [2.24, 2.45) is 0 Å². The molecular formula is C13H18NO5P. The third kappa shape index (κ3) is 4.27. The number of aryl methyl sites for hydroxylation is 1. The molecule has 0 aliphatic carbocycles. The number of rotatable bonds is 7. The molecular weight excluding hydrogens is 281 g/mol. The minimum absolute atomic E-state index is 0.0325. The molecule has 0 heterocycles. The monoisotopic (exact) mass is 299 g/mol. The van der Waals surface area contributed by atoms with Gasteiger partial charge in [-0.15, -0.1) is 0 Å². The first-order valence-corrected chi connectivity index (χ1v) is 7.79. The Balaban J connectivity index is 3.38. The first-order valence-electron chi connectivity index (χ1n) is 6.25. The summed E-state index contributed by atoms with van der Waals surface area (Å²) in [6.45, 7) is 5.44. The number of hydrogen-bond donors (Lipinski definition) is 0. The molecule has 7 heteroatoms. The van der Waals surface area contributed by atoms with Crippen molar-refractivity contribution in [2.45, 2.75) is 20.8 Å². The van der Waals surface area contributed by atoms with Crippen molar-refractivity contribution in [2.75, 3.05) is 13.2 Å². The van der Waals surface area contributed by atoms with Crippen LogP contribution >= 0.6 is 7.60 Å². The van der Waals surface area contributed by atoms with Gasteiger partial charge in [-0.1, -0.05) is 29.8 Å². The zero-order chi connectivity index (χ0) is 15.2. The van der Waals surface area contributed by atoms with Crippen LogP contribution in [0.25, 0.3) is 5.31 Å². The molecule has 20 heavy (non-hydrogen) atoms. The molecule has 0 fully saturated rings. The maximum Gasteiger partial charge on any atom is 0.368 e. The van der Waals surface area contributed by atoms with Crippen molar-refractivity contribution in [3.63, 3.8) is 0 Å². The molecule has 0 atom stereocenters. The van der Waals surface area contributed by atoms with Crippen LogP contribution in [0.2, 0.25) is 0 Å². The predicted octanol–water partition coefficient (Wildman–Crippen LogP) is 3.84. The van der Waals surface area contributed by atoms with E-state index in [1.54, 1.807) is 32.0 Å². The Morgan fingerprint density at radius 2 is 1.95 bits per heavy atom. The molecule has 0 saturated carbocycles. The first-order chi connectivity index (χ1) is 9.42. The molecule has 1 aromatic carbocycles. The molecule has 6 nitrogen and oxygen atoms in total. The van der Waals surface area contributed by atoms with Crippen LogP contribution in [0.4, 0.5) is 0 Å². The highest BCUT2D eigenvalue weighted by Crippen LogP contribution is 2.60. The van der Waals surface area contributed by atoms with Crippen molar-refractivity contribution < 1.29 is 18.5 Å². The SMILES string of the molecule is CCOP(=O)(OCC)/C(=C/[N+](=O)[O-])c1cccc(C)c1. The fourth-order valence-electron chi connectivity index (χ4n) is 1.72. The Morgan fingerprint density at radius 3 is 2.40 bits per heavy atom. The summed E-state index contributed by atoms with van der Waals surface area (Å²) in [6, 6.07) is 6.94. The predicted molar refractivity (Wildman–Crippen MR) is 77.0 cm³/mol. The van der Waals surface area contributed by atoms with Crippen LogP contribution in [-0.2, 0) is 13.6 Å². The van der Waals surface area contributed by atoms with E-state index < -0.39 is 12.5 Å². The van der Waals surface area contributed by atoms with E-state index in [2.05, 4.69) is 0 Å². The molecule has 110 valence electrons. The van der Waals surface area contributed by atoms with Crippen molar-refractivity contribution in [1.82, 2.24) is 0 Å². The van der Waals surface area contributed by atoms with E-state index in [1.807, 2.05) is 13.0 Å². The van der Waals surface area contributed by atoms with Gasteiger partial charge in [-0.25, -0.2) is 0 Å². The summed E-state index contributed by atoms with van der Waals surface area (Å²) < 4.78 is 23.1. The average molecular weight is 299 g/mol.